The van der Waals surface area contributed by atoms with Crippen molar-refractivity contribution in [3.63, 3.8) is 0 Å². The van der Waals surface area contributed by atoms with Crippen LogP contribution in [0.3, 0.4) is 0 Å². The highest BCUT2D eigenvalue weighted by molar-refractivity contribution is 7.89. The molecule has 0 bridgehead atoms. The van der Waals surface area contributed by atoms with Crippen LogP contribution in [0, 0.1) is 0 Å². The molecule has 0 atom stereocenters. The van der Waals surface area contributed by atoms with Gasteiger partial charge in [0, 0.05) is 18.8 Å². The number of nitrogens with zero attached hydrogens (tertiary/aromatic N) is 1. The molecule has 27 heavy (non-hydrogen) atoms. The van der Waals surface area contributed by atoms with Gasteiger partial charge < -0.3 is 5.32 Å². The molecule has 0 aliphatic heterocycles. The van der Waals surface area contributed by atoms with Crippen molar-refractivity contribution in [2.45, 2.75) is 38.5 Å². The van der Waals surface area contributed by atoms with Gasteiger partial charge in [0.1, 0.15) is 0 Å². The van der Waals surface area contributed by atoms with Crippen LogP contribution in [0.2, 0.25) is 5.02 Å². The van der Waals surface area contributed by atoms with Gasteiger partial charge in [0.25, 0.3) is 5.91 Å². The molecule has 2 aromatic carbocycles. The fourth-order valence-electron chi connectivity index (χ4n) is 2.79. The maximum Gasteiger partial charge on any atom is 0.257 e. The lowest BCUT2D eigenvalue weighted by Crippen LogP contribution is -2.30. The number of sulfonamides is 1. The highest BCUT2D eigenvalue weighted by Crippen LogP contribution is 2.24. The Hall–Kier alpha value is -1.89. The Kier molecular flexibility index (Phi) is 7.41. The maximum absolute atomic E-state index is 12.7. The summed E-state index contributed by atoms with van der Waals surface area (Å²) in [5, 5.41) is 2.97. The van der Waals surface area contributed by atoms with E-state index < -0.39 is 15.9 Å². The minimum absolute atomic E-state index is 0.0547. The van der Waals surface area contributed by atoms with E-state index in [4.69, 9.17) is 11.6 Å². The Bertz CT molecular complexity index is 892. The minimum Gasteiger partial charge on any atom is -0.322 e. The molecule has 1 N–H and O–H groups in total. The topological polar surface area (TPSA) is 66.5 Å². The molecule has 0 saturated heterocycles. The van der Waals surface area contributed by atoms with E-state index in [1.165, 1.54) is 28.1 Å². The molecule has 7 heteroatoms. The number of anilines is 1. The normalized spacial score (nSPS) is 11.6. The molecule has 1 amide bonds. The van der Waals surface area contributed by atoms with Gasteiger partial charge in [0.2, 0.25) is 10.0 Å². The van der Waals surface area contributed by atoms with Crippen molar-refractivity contribution in [1.82, 2.24) is 4.31 Å². The summed E-state index contributed by atoms with van der Waals surface area (Å²) >= 11 is 6.15. The van der Waals surface area contributed by atoms with Gasteiger partial charge in [-0.15, -0.1) is 0 Å². The predicted molar refractivity (Wildman–Crippen MR) is 110 cm³/mol. The van der Waals surface area contributed by atoms with Crippen molar-refractivity contribution in [2.24, 2.45) is 0 Å². The number of benzene rings is 2. The van der Waals surface area contributed by atoms with E-state index in [1.807, 2.05) is 24.3 Å². The van der Waals surface area contributed by atoms with Gasteiger partial charge in [-0.3, -0.25) is 4.79 Å². The summed E-state index contributed by atoms with van der Waals surface area (Å²) in [6, 6.07) is 11.8. The van der Waals surface area contributed by atoms with Gasteiger partial charge in [-0.05, 0) is 42.3 Å². The van der Waals surface area contributed by atoms with E-state index in [1.54, 1.807) is 13.8 Å². The Labute approximate surface area is 166 Å². The van der Waals surface area contributed by atoms with Crippen molar-refractivity contribution in [3.05, 3.63) is 58.6 Å². The standard InChI is InChI=1S/C20H25ClN2O3S/c1-4-7-15-8-10-16(11-9-15)22-20(24)18-14-17(12-13-19(18)21)27(25,26)23(5-2)6-3/h8-14H,4-7H2,1-3H3,(H,22,24). The maximum atomic E-state index is 12.7. The molecule has 146 valence electrons. The molecule has 0 radical (unpaired) electrons. The van der Waals surface area contributed by atoms with Crippen LogP contribution in [-0.4, -0.2) is 31.7 Å². The molecular formula is C20H25ClN2O3S. The number of aryl methyl sites for hydroxylation is 1. The minimum atomic E-state index is -3.66. The number of hydrogen-bond acceptors (Lipinski definition) is 3. The van der Waals surface area contributed by atoms with Gasteiger partial charge >= 0.3 is 0 Å². The number of halogens is 1. The largest absolute Gasteiger partial charge is 0.322 e. The molecule has 0 heterocycles. The summed E-state index contributed by atoms with van der Waals surface area (Å²) < 4.78 is 26.7. The molecule has 0 spiro atoms. The Balaban J connectivity index is 2.28. The lowest BCUT2D eigenvalue weighted by molar-refractivity contribution is 0.102. The number of carbonyl (C=O) groups excluding carboxylic acids is 1. The molecule has 0 aliphatic rings. The summed E-state index contributed by atoms with van der Waals surface area (Å²) in [5.74, 6) is -0.445. The number of amides is 1. The third kappa shape index (κ3) is 5.09. The second-order valence-corrected chi connectivity index (χ2v) is 8.48. The first kappa shape index (κ1) is 21.4. The van der Waals surface area contributed by atoms with Crippen molar-refractivity contribution in [2.75, 3.05) is 18.4 Å². The third-order valence-corrected chi connectivity index (χ3v) is 6.65. The van der Waals surface area contributed by atoms with Gasteiger partial charge in [0.05, 0.1) is 15.5 Å². The lowest BCUT2D eigenvalue weighted by atomic mass is 10.1. The van der Waals surface area contributed by atoms with Crippen LogP contribution >= 0.6 is 11.6 Å². The highest BCUT2D eigenvalue weighted by atomic mass is 35.5. The fourth-order valence-corrected chi connectivity index (χ4v) is 4.48. The summed E-state index contributed by atoms with van der Waals surface area (Å²) in [5.41, 5.74) is 1.95. The molecule has 5 nitrogen and oxygen atoms in total. The van der Waals surface area contributed by atoms with Crippen LogP contribution in [0.4, 0.5) is 5.69 Å². The summed E-state index contributed by atoms with van der Waals surface area (Å²) in [4.78, 5) is 12.7. The average Bonchev–Trinajstić information content (AvgIpc) is 2.64. The van der Waals surface area contributed by atoms with Gasteiger partial charge in [0.15, 0.2) is 0 Å². The fraction of sp³-hybridized carbons (Fsp3) is 0.350. The molecule has 2 aromatic rings. The van der Waals surface area contributed by atoms with Crippen LogP contribution in [0.15, 0.2) is 47.4 Å². The molecule has 0 unspecified atom stereocenters. The quantitative estimate of drug-likeness (QED) is 0.695. The van der Waals surface area contributed by atoms with Crippen molar-refractivity contribution in [3.8, 4) is 0 Å². The average molecular weight is 409 g/mol. The van der Waals surface area contributed by atoms with E-state index in [0.29, 0.717) is 18.8 Å². The number of nitrogens with one attached hydrogen (secondary N) is 1. The van der Waals surface area contributed by atoms with Gasteiger partial charge in [-0.1, -0.05) is 50.9 Å². The monoisotopic (exact) mass is 408 g/mol. The molecule has 0 aliphatic carbocycles. The second kappa shape index (κ2) is 9.35. The van der Waals surface area contributed by atoms with Crippen molar-refractivity contribution in [1.29, 1.82) is 0 Å². The molecule has 0 aromatic heterocycles. The summed E-state index contributed by atoms with van der Waals surface area (Å²) in [7, 11) is -3.66. The summed E-state index contributed by atoms with van der Waals surface area (Å²) in [6.07, 6.45) is 2.03. The second-order valence-electron chi connectivity index (χ2n) is 6.13. The lowest BCUT2D eigenvalue weighted by Gasteiger charge is -2.19. The first-order chi connectivity index (χ1) is 12.8. The van der Waals surface area contributed by atoms with Crippen LogP contribution in [0.5, 0.6) is 0 Å². The molecular weight excluding hydrogens is 384 g/mol. The highest BCUT2D eigenvalue weighted by Gasteiger charge is 2.23. The van der Waals surface area contributed by atoms with Crippen LogP contribution in [0.25, 0.3) is 0 Å². The first-order valence-corrected chi connectivity index (χ1v) is 10.8. The third-order valence-electron chi connectivity index (χ3n) is 4.28. The Morgan fingerprint density at radius 2 is 1.67 bits per heavy atom. The van der Waals surface area contributed by atoms with E-state index in [0.717, 1.165) is 12.8 Å². The van der Waals surface area contributed by atoms with Crippen LogP contribution < -0.4 is 5.32 Å². The zero-order valence-electron chi connectivity index (χ0n) is 15.8. The molecule has 2 rings (SSSR count). The predicted octanol–water partition coefficient (Wildman–Crippen LogP) is 4.58. The number of rotatable bonds is 8. The zero-order chi connectivity index (χ0) is 20.0. The summed E-state index contributed by atoms with van der Waals surface area (Å²) in [6.45, 7) is 6.36. The van der Waals surface area contributed by atoms with Gasteiger partial charge in [-0.25, -0.2) is 8.42 Å². The van der Waals surface area contributed by atoms with E-state index in [9.17, 15) is 13.2 Å². The van der Waals surface area contributed by atoms with Gasteiger partial charge in [-0.2, -0.15) is 4.31 Å². The van der Waals surface area contributed by atoms with E-state index in [-0.39, 0.29) is 15.5 Å². The van der Waals surface area contributed by atoms with E-state index >= 15 is 0 Å². The van der Waals surface area contributed by atoms with Crippen LogP contribution in [0.1, 0.15) is 43.1 Å². The van der Waals surface area contributed by atoms with Crippen molar-refractivity contribution < 1.29 is 13.2 Å². The first-order valence-electron chi connectivity index (χ1n) is 9.03. The number of carbonyl (C=O) groups is 1. The Morgan fingerprint density at radius 1 is 1.04 bits per heavy atom. The number of hydrogen-bond donors (Lipinski definition) is 1. The van der Waals surface area contributed by atoms with Crippen molar-refractivity contribution >= 4 is 33.2 Å². The zero-order valence-corrected chi connectivity index (χ0v) is 17.4. The Morgan fingerprint density at radius 3 is 2.22 bits per heavy atom. The smallest absolute Gasteiger partial charge is 0.257 e. The molecule has 0 saturated carbocycles. The SMILES string of the molecule is CCCc1ccc(NC(=O)c2cc(S(=O)(=O)N(CC)CC)ccc2Cl)cc1. The van der Waals surface area contributed by atoms with E-state index in [2.05, 4.69) is 12.2 Å². The molecule has 0 fully saturated rings. The van der Waals surface area contributed by atoms with Crippen LogP contribution in [-0.2, 0) is 16.4 Å².